The van der Waals surface area contributed by atoms with Crippen LogP contribution in [-0.4, -0.2) is 22.1 Å². The zero-order valence-electron chi connectivity index (χ0n) is 13.4. The van der Waals surface area contributed by atoms with E-state index in [-0.39, 0.29) is 12.5 Å². The van der Waals surface area contributed by atoms with Crippen LogP contribution in [0.2, 0.25) is 0 Å². The van der Waals surface area contributed by atoms with Gasteiger partial charge in [-0.1, -0.05) is 29.5 Å². The molecule has 0 saturated heterocycles. The molecule has 0 fully saturated rings. The van der Waals surface area contributed by atoms with E-state index in [1.807, 2.05) is 25.1 Å². The zero-order chi connectivity index (χ0) is 17.1. The van der Waals surface area contributed by atoms with Gasteiger partial charge in [0.05, 0.1) is 16.8 Å². The van der Waals surface area contributed by atoms with Crippen molar-refractivity contribution < 1.29 is 14.6 Å². The van der Waals surface area contributed by atoms with E-state index in [1.54, 1.807) is 31.2 Å². The molecule has 2 aromatic carbocycles. The number of hydrogen-bond acceptors (Lipinski definition) is 5. The van der Waals surface area contributed by atoms with E-state index in [4.69, 9.17) is 9.84 Å². The molecule has 0 saturated carbocycles. The molecule has 6 heteroatoms. The van der Waals surface area contributed by atoms with Crippen molar-refractivity contribution in [3.63, 3.8) is 0 Å². The molecule has 5 nitrogen and oxygen atoms in total. The minimum absolute atomic E-state index is 0.0666. The first kappa shape index (κ1) is 16.4. The minimum Gasteiger partial charge on any atom is -0.481 e. The molecule has 0 spiro atoms. The summed E-state index contributed by atoms with van der Waals surface area (Å²) in [7, 11) is 0. The fourth-order valence-electron chi connectivity index (χ4n) is 2.27. The highest BCUT2D eigenvalue weighted by atomic mass is 32.1. The number of carbonyl (C=O) groups is 1. The van der Waals surface area contributed by atoms with E-state index in [0.29, 0.717) is 10.9 Å². The number of nitrogens with one attached hydrogen (secondary N) is 1. The van der Waals surface area contributed by atoms with Gasteiger partial charge in [0.15, 0.2) is 11.2 Å². The Labute approximate surface area is 143 Å². The Morgan fingerprint density at radius 2 is 2.17 bits per heavy atom. The van der Waals surface area contributed by atoms with Gasteiger partial charge in [0.2, 0.25) is 0 Å². The standard InChI is InChI=1S/C18H18N2O3S/c1-11-6-7-15-16(8-11)24-18(19-15)20-17(22)12(2)23-14-5-3-4-13(9-14)10-21/h3-9,12,21H,10H2,1-2H3,(H,19,20,22). The summed E-state index contributed by atoms with van der Waals surface area (Å²) in [5, 5.41) is 12.5. The third-order valence-electron chi connectivity index (χ3n) is 3.54. The molecule has 24 heavy (non-hydrogen) atoms. The van der Waals surface area contributed by atoms with Crippen LogP contribution >= 0.6 is 11.3 Å². The van der Waals surface area contributed by atoms with Crippen molar-refractivity contribution in [2.24, 2.45) is 0 Å². The summed E-state index contributed by atoms with van der Waals surface area (Å²) in [6.45, 7) is 3.63. The van der Waals surface area contributed by atoms with Gasteiger partial charge in [0, 0.05) is 0 Å². The number of nitrogens with zero attached hydrogens (tertiary/aromatic N) is 1. The van der Waals surface area contributed by atoms with Crippen LogP contribution in [0.1, 0.15) is 18.1 Å². The summed E-state index contributed by atoms with van der Waals surface area (Å²) in [5.74, 6) is 0.282. The van der Waals surface area contributed by atoms with Crippen molar-refractivity contribution in [1.82, 2.24) is 4.98 Å². The van der Waals surface area contributed by atoms with Crippen molar-refractivity contribution in [3.8, 4) is 5.75 Å². The van der Waals surface area contributed by atoms with Crippen LogP contribution in [-0.2, 0) is 11.4 Å². The molecular formula is C18H18N2O3S. The van der Waals surface area contributed by atoms with Gasteiger partial charge in [-0.3, -0.25) is 10.1 Å². The van der Waals surface area contributed by atoms with Gasteiger partial charge in [0.1, 0.15) is 5.75 Å². The lowest BCUT2D eigenvalue weighted by molar-refractivity contribution is -0.122. The number of amides is 1. The summed E-state index contributed by atoms with van der Waals surface area (Å²) in [5.41, 5.74) is 2.76. The number of hydrogen-bond donors (Lipinski definition) is 2. The van der Waals surface area contributed by atoms with Gasteiger partial charge in [0.25, 0.3) is 5.91 Å². The predicted molar refractivity (Wildman–Crippen MR) is 95.4 cm³/mol. The smallest absolute Gasteiger partial charge is 0.266 e. The fraction of sp³-hybridized carbons (Fsp3) is 0.222. The number of fused-ring (bicyclic) bond motifs is 1. The Balaban J connectivity index is 1.68. The van der Waals surface area contributed by atoms with Gasteiger partial charge in [-0.25, -0.2) is 4.98 Å². The number of anilines is 1. The Morgan fingerprint density at radius 3 is 2.96 bits per heavy atom. The number of aromatic nitrogens is 1. The SMILES string of the molecule is Cc1ccc2nc(NC(=O)C(C)Oc3cccc(CO)c3)sc2c1. The van der Waals surface area contributed by atoms with E-state index in [2.05, 4.69) is 10.3 Å². The van der Waals surface area contributed by atoms with Crippen LogP contribution in [0.3, 0.4) is 0 Å². The van der Waals surface area contributed by atoms with E-state index in [1.165, 1.54) is 11.3 Å². The van der Waals surface area contributed by atoms with Gasteiger partial charge in [-0.15, -0.1) is 0 Å². The Morgan fingerprint density at radius 1 is 1.33 bits per heavy atom. The molecule has 1 amide bonds. The number of aryl methyl sites for hydroxylation is 1. The first-order valence-corrected chi connectivity index (χ1v) is 8.41. The topological polar surface area (TPSA) is 71.5 Å². The molecule has 0 radical (unpaired) electrons. The van der Waals surface area contributed by atoms with Crippen LogP contribution in [0, 0.1) is 6.92 Å². The number of benzene rings is 2. The van der Waals surface area contributed by atoms with Crippen LogP contribution in [0.5, 0.6) is 5.75 Å². The number of ether oxygens (including phenoxy) is 1. The zero-order valence-corrected chi connectivity index (χ0v) is 14.3. The second-order valence-corrected chi connectivity index (χ2v) is 6.58. The molecule has 1 unspecified atom stereocenters. The Kier molecular flexibility index (Phi) is 4.78. The molecule has 124 valence electrons. The fourth-order valence-corrected chi connectivity index (χ4v) is 3.23. The molecule has 0 aliphatic heterocycles. The van der Waals surface area contributed by atoms with E-state index < -0.39 is 6.10 Å². The molecule has 2 N–H and O–H groups in total. The van der Waals surface area contributed by atoms with Crippen molar-refractivity contribution in [2.75, 3.05) is 5.32 Å². The highest BCUT2D eigenvalue weighted by Gasteiger charge is 2.17. The molecule has 0 aliphatic rings. The quantitative estimate of drug-likeness (QED) is 0.744. The maximum atomic E-state index is 12.3. The van der Waals surface area contributed by atoms with Crippen molar-refractivity contribution >= 4 is 32.6 Å². The van der Waals surface area contributed by atoms with Crippen LogP contribution in [0.4, 0.5) is 5.13 Å². The molecule has 0 aliphatic carbocycles. The first-order chi connectivity index (χ1) is 11.5. The third kappa shape index (κ3) is 3.72. The minimum atomic E-state index is -0.673. The molecule has 1 atom stereocenters. The molecule has 1 heterocycles. The van der Waals surface area contributed by atoms with Gasteiger partial charge < -0.3 is 9.84 Å². The predicted octanol–water partition coefficient (Wildman–Crippen LogP) is 3.50. The first-order valence-electron chi connectivity index (χ1n) is 7.59. The van der Waals surface area contributed by atoms with Crippen molar-refractivity contribution in [1.29, 1.82) is 0 Å². The normalized spacial score (nSPS) is 12.1. The number of aliphatic hydroxyl groups is 1. The number of rotatable bonds is 5. The second kappa shape index (κ2) is 6.98. The molecule has 3 rings (SSSR count). The summed E-state index contributed by atoms with van der Waals surface area (Å²) in [6.07, 6.45) is -0.673. The number of aliphatic hydroxyl groups excluding tert-OH is 1. The summed E-state index contributed by atoms with van der Waals surface area (Å²) >= 11 is 1.44. The third-order valence-corrected chi connectivity index (χ3v) is 4.47. The Hall–Kier alpha value is -2.44. The van der Waals surface area contributed by atoms with E-state index >= 15 is 0 Å². The lowest BCUT2D eigenvalue weighted by Crippen LogP contribution is -2.30. The average Bonchev–Trinajstić information content (AvgIpc) is 2.96. The molecule has 1 aromatic heterocycles. The number of carbonyl (C=O) groups excluding carboxylic acids is 1. The molecular weight excluding hydrogens is 324 g/mol. The second-order valence-electron chi connectivity index (χ2n) is 5.55. The summed E-state index contributed by atoms with van der Waals surface area (Å²) in [6, 6.07) is 13.0. The van der Waals surface area contributed by atoms with Gasteiger partial charge >= 0.3 is 0 Å². The number of thiazole rings is 1. The maximum absolute atomic E-state index is 12.3. The maximum Gasteiger partial charge on any atom is 0.266 e. The van der Waals surface area contributed by atoms with Crippen LogP contribution in [0.25, 0.3) is 10.2 Å². The van der Waals surface area contributed by atoms with Gasteiger partial charge in [-0.05, 0) is 49.2 Å². The lowest BCUT2D eigenvalue weighted by Gasteiger charge is -2.14. The van der Waals surface area contributed by atoms with Crippen molar-refractivity contribution in [3.05, 3.63) is 53.6 Å². The van der Waals surface area contributed by atoms with Crippen LogP contribution < -0.4 is 10.1 Å². The molecule has 0 bridgehead atoms. The van der Waals surface area contributed by atoms with Gasteiger partial charge in [-0.2, -0.15) is 0 Å². The van der Waals surface area contributed by atoms with Crippen LogP contribution in [0.15, 0.2) is 42.5 Å². The monoisotopic (exact) mass is 342 g/mol. The largest absolute Gasteiger partial charge is 0.481 e. The van der Waals surface area contributed by atoms with Crippen molar-refractivity contribution in [2.45, 2.75) is 26.6 Å². The average molecular weight is 342 g/mol. The highest BCUT2D eigenvalue weighted by molar-refractivity contribution is 7.22. The lowest BCUT2D eigenvalue weighted by atomic mass is 10.2. The molecule has 3 aromatic rings. The summed E-state index contributed by atoms with van der Waals surface area (Å²) < 4.78 is 6.67. The van der Waals surface area contributed by atoms with E-state index in [9.17, 15) is 4.79 Å². The summed E-state index contributed by atoms with van der Waals surface area (Å²) in [4.78, 5) is 16.7. The Bertz CT molecular complexity index is 876. The highest BCUT2D eigenvalue weighted by Crippen LogP contribution is 2.27. The van der Waals surface area contributed by atoms with E-state index in [0.717, 1.165) is 21.3 Å².